The van der Waals surface area contributed by atoms with E-state index in [-0.39, 0.29) is 6.61 Å². The van der Waals surface area contributed by atoms with Gasteiger partial charge < -0.3 is 5.11 Å². The molecule has 1 aromatic carbocycles. The molecule has 0 aliphatic heterocycles. The van der Waals surface area contributed by atoms with Gasteiger partial charge >= 0.3 is 0 Å². The Labute approximate surface area is 86.8 Å². The molecular formula is C13H20O. The Hall–Kier alpha value is -0.820. The van der Waals surface area contributed by atoms with Crippen molar-refractivity contribution in [3.05, 3.63) is 35.4 Å². The summed E-state index contributed by atoms with van der Waals surface area (Å²) in [6.07, 6.45) is 3.18. The van der Waals surface area contributed by atoms with Crippen LogP contribution in [0, 0.1) is 0 Å². The molecule has 1 nitrogen and oxygen atoms in total. The Morgan fingerprint density at radius 1 is 1.07 bits per heavy atom. The van der Waals surface area contributed by atoms with E-state index in [2.05, 4.69) is 38.1 Å². The number of aliphatic hydroxyl groups is 1. The number of aliphatic hydroxyl groups excluding tert-OH is 1. The number of rotatable bonds is 5. The molecule has 1 heteroatoms. The molecule has 1 N–H and O–H groups in total. The van der Waals surface area contributed by atoms with Gasteiger partial charge in [-0.2, -0.15) is 0 Å². The van der Waals surface area contributed by atoms with E-state index in [1.165, 1.54) is 24.0 Å². The molecule has 14 heavy (non-hydrogen) atoms. The van der Waals surface area contributed by atoms with Gasteiger partial charge in [0.25, 0.3) is 0 Å². The molecule has 0 heterocycles. The highest BCUT2D eigenvalue weighted by atomic mass is 16.2. The Morgan fingerprint density at radius 2 is 1.64 bits per heavy atom. The van der Waals surface area contributed by atoms with Gasteiger partial charge in [0.1, 0.15) is 0 Å². The van der Waals surface area contributed by atoms with Crippen LogP contribution in [0.5, 0.6) is 0 Å². The summed E-state index contributed by atoms with van der Waals surface area (Å²) in [5.41, 5.74) is 2.65. The zero-order valence-corrected chi connectivity index (χ0v) is 9.16. The van der Waals surface area contributed by atoms with E-state index in [9.17, 15) is 0 Å². The van der Waals surface area contributed by atoms with Crippen LogP contribution in [0.2, 0.25) is 0 Å². The Morgan fingerprint density at radius 3 is 2.07 bits per heavy atom. The zero-order chi connectivity index (χ0) is 10.4. The summed E-state index contributed by atoms with van der Waals surface area (Å²) < 4.78 is 0. The topological polar surface area (TPSA) is 20.2 Å². The van der Waals surface area contributed by atoms with Crippen molar-refractivity contribution in [2.24, 2.45) is 0 Å². The van der Waals surface area contributed by atoms with E-state index in [1.807, 2.05) is 0 Å². The SMILES string of the molecule is CCC(CC)c1ccc(CCO)cc1. The maximum Gasteiger partial charge on any atom is 0.0471 e. The number of benzene rings is 1. The van der Waals surface area contributed by atoms with Crippen molar-refractivity contribution in [1.82, 2.24) is 0 Å². The van der Waals surface area contributed by atoms with Crippen LogP contribution in [-0.2, 0) is 6.42 Å². The second kappa shape index (κ2) is 5.82. The highest BCUT2D eigenvalue weighted by Crippen LogP contribution is 2.22. The smallest absolute Gasteiger partial charge is 0.0471 e. The van der Waals surface area contributed by atoms with Gasteiger partial charge in [-0.25, -0.2) is 0 Å². The van der Waals surface area contributed by atoms with Crippen molar-refractivity contribution < 1.29 is 5.11 Å². The molecule has 0 saturated heterocycles. The first-order valence-electron chi connectivity index (χ1n) is 5.51. The lowest BCUT2D eigenvalue weighted by Crippen LogP contribution is -1.96. The lowest BCUT2D eigenvalue weighted by Gasteiger charge is -2.12. The van der Waals surface area contributed by atoms with Crippen LogP contribution in [0.25, 0.3) is 0 Å². The molecule has 0 atom stereocenters. The van der Waals surface area contributed by atoms with Crippen LogP contribution < -0.4 is 0 Å². The fourth-order valence-electron chi connectivity index (χ4n) is 1.85. The molecular weight excluding hydrogens is 172 g/mol. The van der Waals surface area contributed by atoms with Crippen LogP contribution in [0.4, 0.5) is 0 Å². The van der Waals surface area contributed by atoms with Gasteiger partial charge in [0.2, 0.25) is 0 Å². The third kappa shape index (κ3) is 2.85. The minimum atomic E-state index is 0.240. The Kier molecular flexibility index (Phi) is 4.68. The largest absolute Gasteiger partial charge is 0.396 e. The van der Waals surface area contributed by atoms with Crippen molar-refractivity contribution in [3.8, 4) is 0 Å². The molecule has 1 aromatic rings. The lowest BCUT2D eigenvalue weighted by atomic mass is 9.93. The van der Waals surface area contributed by atoms with E-state index in [0.29, 0.717) is 5.92 Å². The van der Waals surface area contributed by atoms with Crippen molar-refractivity contribution in [2.75, 3.05) is 6.61 Å². The number of hydrogen-bond acceptors (Lipinski definition) is 1. The van der Waals surface area contributed by atoms with E-state index in [0.717, 1.165) is 6.42 Å². The standard InChI is InChI=1S/C13H20O/c1-3-12(4-2)13-7-5-11(6-8-13)9-10-14/h5-8,12,14H,3-4,9-10H2,1-2H3. The minimum Gasteiger partial charge on any atom is -0.396 e. The van der Waals surface area contributed by atoms with Crippen LogP contribution in [-0.4, -0.2) is 11.7 Å². The van der Waals surface area contributed by atoms with Gasteiger partial charge in [0.15, 0.2) is 0 Å². The first kappa shape index (κ1) is 11.3. The van der Waals surface area contributed by atoms with Gasteiger partial charge in [-0.05, 0) is 36.3 Å². The normalized spacial score (nSPS) is 10.9. The summed E-state index contributed by atoms with van der Waals surface area (Å²) in [4.78, 5) is 0. The molecule has 0 aliphatic carbocycles. The highest BCUT2D eigenvalue weighted by molar-refractivity contribution is 5.25. The van der Waals surface area contributed by atoms with Crippen LogP contribution in [0.15, 0.2) is 24.3 Å². The Bertz CT molecular complexity index is 246. The predicted octanol–water partition coefficient (Wildman–Crippen LogP) is 3.13. The van der Waals surface area contributed by atoms with E-state index in [1.54, 1.807) is 0 Å². The molecule has 0 aromatic heterocycles. The van der Waals surface area contributed by atoms with Crippen molar-refractivity contribution in [1.29, 1.82) is 0 Å². The summed E-state index contributed by atoms with van der Waals surface area (Å²) in [5.74, 6) is 0.693. The molecule has 78 valence electrons. The monoisotopic (exact) mass is 192 g/mol. The quantitative estimate of drug-likeness (QED) is 0.760. The maximum absolute atomic E-state index is 8.79. The molecule has 0 spiro atoms. The molecule has 0 saturated carbocycles. The second-order valence-electron chi connectivity index (χ2n) is 3.73. The average Bonchev–Trinajstić information content (AvgIpc) is 2.23. The molecule has 0 aliphatic rings. The first-order chi connectivity index (χ1) is 6.81. The first-order valence-corrected chi connectivity index (χ1v) is 5.51. The average molecular weight is 192 g/mol. The molecule has 1 rings (SSSR count). The second-order valence-corrected chi connectivity index (χ2v) is 3.73. The fraction of sp³-hybridized carbons (Fsp3) is 0.538. The third-order valence-electron chi connectivity index (χ3n) is 2.84. The van der Waals surface area contributed by atoms with Gasteiger partial charge in [0.05, 0.1) is 0 Å². The summed E-state index contributed by atoms with van der Waals surface area (Å²) >= 11 is 0. The summed E-state index contributed by atoms with van der Waals surface area (Å²) in [6.45, 7) is 4.70. The van der Waals surface area contributed by atoms with Gasteiger partial charge in [-0.1, -0.05) is 38.1 Å². The zero-order valence-electron chi connectivity index (χ0n) is 9.16. The van der Waals surface area contributed by atoms with Crippen LogP contribution >= 0.6 is 0 Å². The summed E-state index contributed by atoms with van der Waals surface area (Å²) in [5, 5.41) is 8.79. The van der Waals surface area contributed by atoms with Crippen molar-refractivity contribution in [2.45, 2.75) is 39.0 Å². The molecule has 0 radical (unpaired) electrons. The summed E-state index contributed by atoms with van der Waals surface area (Å²) in [6, 6.07) is 8.65. The summed E-state index contributed by atoms with van der Waals surface area (Å²) in [7, 11) is 0. The van der Waals surface area contributed by atoms with E-state index >= 15 is 0 Å². The predicted molar refractivity (Wildman–Crippen MR) is 60.6 cm³/mol. The third-order valence-corrected chi connectivity index (χ3v) is 2.84. The number of hydrogen-bond donors (Lipinski definition) is 1. The minimum absolute atomic E-state index is 0.240. The van der Waals surface area contributed by atoms with Crippen LogP contribution in [0.3, 0.4) is 0 Å². The van der Waals surface area contributed by atoms with Gasteiger partial charge in [-0.3, -0.25) is 0 Å². The molecule has 0 fully saturated rings. The Balaban J connectivity index is 2.71. The van der Waals surface area contributed by atoms with E-state index in [4.69, 9.17) is 5.11 Å². The molecule has 0 unspecified atom stereocenters. The van der Waals surface area contributed by atoms with Crippen molar-refractivity contribution >= 4 is 0 Å². The molecule has 0 bridgehead atoms. The molecule has 0 amide bonds. The van der Waals surface area contributed by atoms with Gasteiger partial charge in [0, 0.05) is 6.61 Å². The highest BCUT2D eigenvalue weighted by Gasteiger charge is 2.05. The van der Waals surface area contributed by atoms with Crippen molar-refractivity contribution in [3.63, 3.8) is 0 Å². The van der Waals surface area contributed by atoms with Gasteiger partial charge in [-0.15, -0.1) is 0 Å². The fourth-order valence-corrected chi connectivity index (χ4v) is 1.85. The van der Waals surface area contributed by atoms with Crippen LogP contribution in [0.1, 0.15) is 43.7 Å². The lowest BCUT2D eigenvalue weighted by molar-refractivity contribution is 0.299. The van der Waals surface area contributed by atoms with E-state index < -0.39 is 0 Å². The maximum atomic E-state index is 8.79.